The number of halogens is 2. The van der Waals surface area contributed by atoms with Gasteiger partial charge in [0.15, 0.2) is 0 Å². The zero-order chi connectivity index (χ0) is 25.5. The van der Waals surface area contributed by atoms with E-state index in [0.717, 1.165) is 25.6 Å². The minimum atomic E-state index is -1.63. The van der Waals surface area contributed by atoms with Crippen molar-refractivity contribution in [3.63, 3.8) is 0 Å². The molecule has 4 rings (SSSR count). The molecule has 1 amide bonds. The lowest BCUT2D eigenvalue weighted by atomic mass is 9.73. The molecule has 1 fully saturated rings. The molecule has 0 aliphatic carbocycles. The quantitative estimate of drug-likeness (QED) is 0.290. The van der Waals surface area contributed by atoms with E-state index in [1.54, 1.807) is 23.7 Å². The van der Waals surface area contributed by atoms with Gasteiger partial charge in [0, 0.05) is 10.9 Å². The summed E-state index contributed by atoms with van der Waals surface area (Å²) in [5.74, 6) is -0.739. The Kier molecular flexibility index (Phi) is 8.48. The molecule has 1 atom stereocenters. The van der Waals surface area contributed by atoms with E-state index in [1.807, 2.05) is 18.2 Å². The van der Waals surface area contributed by atoms with Crippen molar-refractivity contribution in [2.45, 2.75) is 44.7 Å². The highest BCUT2D eigenvalue weighted by Crippen LogP contribution is 2.41. The van der Waals surface area contributed by atoms with Crippen molar-refractivity contribution in [1.82, 2.24) is 15.4 Å². The maximum absolute atomic E-state index is 15.5. The zero-order valence-electron chi connectivity index (χ0n) is 20.6. The predicted molar refractivity (Wildman–Crippen MR) is 134 cm³/mol. The van der Waals surface area contributed by atoms with Crippen LogP contribution in [0.3, 0.4) is 0 Å². The summed E-state index contributed by atoms with van der Waals surface area (Å²) in [5.41, 5.74) is 2.60. The minimum Gasteiger partial charge on any atom is -0.497 e. The second-order valence-corrected chi connectivity index (χ2v) is 9.56. The number of aromatic nitrogens is 1. The van der Waals surface area contributed by atoms with Crippen LogP contribution in [-0.2, 0) is 11.2 Å². The van der Waals surface area contributed by atoms with Gasteiger partial charge >= 0.3 is 0 Å². The minimum absolute atomic E-state index is 0.0470. The Morgan fingerprint density at radius 1 is 1.22 bits per heavy atom. The Labute approximate surface area is 210 Å². The molecule has 2 N–H and O–H groups in total. The Balaban J connectivity index is 1.40. The lowest BCUT2D eigenvalue weighted by Gasteiger charge is -2.40. The first-order chi connectivity index (χ1) is 17.5. The van der Waals surface area contributed by atoms with Gasteiger partial charge in [0.05, 0.1) is 24.2 Å². The molecule has 1 aliphatic rings. The van der Waals surface area contributed by atoms with Gasteiger partial charge in [-0.05, 0) is 81.9 Å². The van der Waals surface area contributed by atoms with Crippen molar-refractivity contribution in [3.8, 4) is 5.75 Å². The summed E-state index contributed by atoms with van der Waals surface area (Å²) in [5, 5.41) is 9.78. The van der Waals surface area contributed by atoms with Crippen molar-refractivity contribution >= 4 is 16.8 Å². The molecule has 36 heavy (non-hydrogen) atoms. The summed E-state index contributed by atoms with van der Waals surface area (Å²) in [7, 11) is 1.49. The van der Waals surface area contributed by atoms with Crippen LogP contribution in [-0.4, -0.2) is 47.7 Å². The lowest BCUT2D eigenvalue weighted by Crippen LogP contribution is -2.48. The van der Waals surface area contributed by atoms with Crippen molar-refractivity contribution in [1.29, 1.82) is 0 Å². The molecule has 192 valence electrons. The number of nitrogens with one attached hydrogen (secondary N) is 1. The van der Waals surface area contributed by atoms with Crippen LogP contribution in [0.25, 0.3) is 10.9 Å². The summed E-state index contributed by atoms with van der Waals surface area (Å²) in [4.78, 5) is 19.1. The van der Waals surface area contributed by atoms with Crippen molar-refractivity contribution < 1.29 is 23.5 Å². The Hall–Kier alpha value is -3.10. The van der Waals surface area contributed by atoms with Crippen LogP contribution in [0.2, 0.25) is 0 Å². The van der Waals surface area contributed by atoms with E-state index in [9.17, 15) is 14.4 Å². The number of alkyl halides is 1. The maximum Gasteiger partial charge on any atom is 0.249 e. The molecule has 6 nitrogen and oxygen atoms in total. The van der Waals surface area contributed by atoms with E-state index in [-0.39, 0.29) is 18.4 Å². The number of benzene rings is 2. The molecule has 1 aromatic heterocycles. The van der Waals surface area contributed by atoms with Gasteiger partial charge in [-0.1, -0.05) is 30.3 Å². The van der Waals surface area contributed by atoms with Crippen molar-refractivity contribution in [2.24, 2.45) is 5.41 Å². The fourth-order valence-electron chi connectivity index (χ4n) is 5.23. The molecule has 0 bridgehead atoms. The largest absolute Gasteiger partial charge is 0.497 e. The number of rotatable bonds is 10. The van der Waals surface area contributed by atoms with Crippen LogP contribution in [0.4, 0.5) is 8.78 Å². The number of hydrogen-bond acceptors (Lipinski definition) is 5. The van der Waals surface area contributed by atoms with E-state index in [2.05, 4.69) is 22.0 Å². The molecule has 8 heteroatoms. The number of pyridine rings is 1. The standard InChI is InChI=1S/C28H33F2N3O3/c1-36-21-9-10-25-22(18-21)26(24(30)19-31-25)23(29)11-12-28(27(34)32-35)13-16-33(17-14-28)15-5-8-20-6-3-2-4-7-20/h2-4,6-7,9-10,18-19,23,35H,5,8,11-17H2,1H3,(H,32,34)/t23-/m1/s1. The van der Waals surface area contributed by atoms with Gasteiger partial charge in [0.1, 0.15) is 17.7 Å². The number of carbonyl (C=O) groups excluding carboxylic acids is 1. The number of fused-ring (bicyclic) bond motifs is 1. The second kappa shape index (κ2) is 11.8. The molecule has 0 unspecified atom stereocenters. The topological polar surface area (TPSA) is 74.7 Å². The van der Waals surface area contributed by atoms with Crippen LogP contribution in [0.5, 0.6) is 5.75 Å². The van der Waals surface area contributed by atoms with Crippen molar-refractivity contribution in [2.75, 3.05) is 26.7 Å². The molecular weight excluding hydrogens is 464 g/mol. The van der Waals surface area contributed by atoms with Crippen molar-refractivity contribution in [3.05, 3.63) is 71.7 Å². The molecule has 2 aromatic carbocycles. The molecular formula is C28H33F2N3O3. The van der Waals surface area contributed by atoms with Crippen LogP contribution < -0.4 is 10.2 Å². The third kappa shape index (κ3) is 5.82. The Bertz CT molecular complexity index is 1170. The number of hydroxylamine groups is 1. The number of methoxy groups -OCH3 is 1. The van der Waals surface area contributed by atoms with Gasteiger partial charge in [-0.2, -0.15) is 0 Å². The van der Waals surface area contributed by atoms with E-state index >= 15 is 4.39 Å². The summed E-state index contributed by atoms with van der Waals surface area (Å²) >= 11 is 0. The molecule has 1 saturated heterocycles. The summed E-state index contributed by atoms with van der Waals surface area (Å²) in [6.07, 6.45) is 2.55. The monoisotopic (exact) mass is 497 g/mol. The van der Waals surface area contributed by atoms with Gasteiger partial charge in [-0.3, -0.25) is 15.0 Å². The molecule has 0 spiro atoms. The highest BCUT2D eigenvalue weighted by atomic mass is 19.1. The molecule has 0 radical (unpaired) electrons. The number of hydrogen-bond donors (Lipinski definition) is 2. The van der Waals surface area contributed by atoms with Gasteiger partial charge in [-0.15, -0.1) is 0 Å². The maximum atomic E-state index is 15.5. The summed E-state index contributed by atoms with van der Waals surface area (Å²) in [6, 6.07) is 15.2. The SMILES string of the molecule is COc1ccc2ncc(F)c([C@H](F)CCC3(C(=O)NO)CCN(CCCc4ccccc4)CC3)c2c1. The first-order valence-corrected chi connectivity index (χ1v) is 12.4. The highest BCUT2D eigenvalue weighted by Gasteiger charge is 2.41. The molecule has 0 saturated carbocycles. The van der Waals surface area contributed by atoms with E-state index in [4.69, 9.17) is 4.74 Å². The molecule has 2 heterocycles. The first kappa shape index (κ1) is 26.0. The highest BCUT2D eigenvalue weighted by molar-refractivity contribution is 5.84. The fraction of sp³-hybridized carbons (Fsp3) is 0.429. The molecule has 1 aliphatic heterocycles. The number of likely N-dealkylation sites (tertiary alicyclic amines) is 1. The van der Waals surface area contributed by atoms with E-state index < -0.39 is 23.3 Å². The number of piperidine rings is 1. The number of ether oxygens (including phenoxy) is 1. The molecule has 3 aromatic rings. The number of aryl methyl sites for hydroxylation is 1. The van der Waals surface area contributed by atoms with Gasteiger partial charge in [0.2, 0.25) is 5.91 Å². The zero-order valence-corrected chi connectivity index (χ0v) is 20.6. The normalized spacial score (nSPS) is 16.6. The van der Waals surface area contributed by atoms with Gasteiger partial charge in [0.25, 0.3) is 0 Å². The second-order valence-electron chi connectivity index (χ2n) is 9.56. The smallest absolute Gasteiger partial charge is 0.249 e. The van der Waals surface area contributed by atoms with E-state index in [0.29, 0.717) is 42.6 Å². The number of carbonyl (C=O) groups is 1. The number of amides is 1. The number of nitrogens with zero attached hydrogens (tertiary/aromatic N) is 2. The average molecular weight is 498 g/mol. The van der Waals surface area contributed by atoms with Gasteiger partial charge in [-0.25, -0.2) is 14.3 Å². The summed E-state index contributed by atoms with van der Waals surface area (Å²) in [6.45, 7) is 2.28. The van der Waals surface area contributed by atoms with E-state index in [1.165, 1.54) is 12.7 Å². The van der Waals surface area contributed by atoms with Crippen LogP contribution in [0, 0.1) is 11.2 Å². The summed E-state index contributed by atoms with van der Waals surface area (Å²) < 4.78 is 35.5. The third-order valence-corrected chi connectivity index (χ3v) is 7.44. The lowest BCUT2D eigenvalue weighted by molar-refractivity contribution is -0.143. The Morgan fingerprint density at radius 2 is 1.97 bits per heavy atom. The average Bonchev–Trinajstić information content (AvgIpc) is 2.92. The van der Waals surface area contributed by atoms with Crippen LogP contribution in [0.15, 0.2) is 54.7 Å². The van der Waals surface area contributed by atoms with Crippen LogP contribution in [0.1, 0.15) is 49.4 Å². The van der Waals surface area contributed by atoms with Crippen LogP contribution >= 0.6 is 0 Å². The Morgan fingerprint density at radius 3 is 2.67 bits per heavy atom. The van der Waals surface area contributed by atoms with Gasteiger partial charge < -0.3 is 9.64 Å². The predicted octanol–water partition coefficient (Wildman–Crippen LogP) is 5.39. The fourth-order valence-corrected chi connectivity index (χ4v) is 5.23. The third-order valence-electron chi connectivity index (χ3n) is 7.44. The first-order valence-electron chi connectivity index (χ1n) is 12.4.